The van der Waals surface area contributed by atoms with Gasteiger partial charge in [-0.05, 0) is 25.0 Å². The molecule has 22 heavy (non-hydrogen) atoms. The molecular weight excluding hydrogens is 302 g/mol. The lowest BCUT2D eigenvalue weighted by Gasteiger charge is -2.43. The highest BCUT2D eigenvalue weighted by Gasteiger charge is 2.34. The van der Waals surface area contributed by atoms with Crippen molar-refractivity contribution in [2.45, 2.75) is 37.8 Å². The molecular formula is C16H23NO4S. The standard InChI is InChI=1S/C16H23NO4S/c18-22(19,21-14-6-2-1-3-7-14)13-11-17-10-12-20-16-9-5-4-8-15(16)17/h1-3,6-7,15-16H,4-5,8-13H2/t15-,16+/m1/s1. The van der Waals surface area contributed by atoms with E-state index >= 15 is 0 Å². The molecule has 1 aliphatic heterocycles. The largest absolute Gasteiger partial charge is 0.382 e. The maximum Gasteiger partial charge on any atom is 0.310 e. The third kappa shape index (κ3) is 4.00. The Balaban J connectivity index is 1.56. The Morgan fingerprint density at radius 1 is 1.18 bits per heavy atom. The van der Waals surface area contributed by atoms with Crippen LogP contribution in [0.5, 0.6) is 5.75 Å². The highest BCUT2D eigenvalue weighted by Crippen LogP contribution is 2.28. The van der Waals surface area contributed by atoms with Gasteiger partial charge in [0, 0.05) is 19.1 Å². The number of morpholine rings is 1. The van der Waals surface area contributed by atoms with Crippen molar-refractivity contribution in [2.24, 2.45) is 0 Å². The molecule has 0 unspecified atom stereocenters. The van der Waals surface area contributed by atoms with E-state index < -0.39 is 10.1 Å². The van der Waals surface area contributed by atoms with Gasteiger partial charge in [0.25, 0.3) is 0 Å². The monoisotopic (exact) mass is 325 g/mol. The average molecular weight is 325 g/mol. The van der Waals surface area contributed by atoms with E-state index in [2.05, 4.69) is 4.90 Å². The average Bonchev–Trinajstić information content (AvgIpc) is 2.53. The van der Waals surface area contributed by atoms with Gasteiger partial charge in [0.15, 0.2) is 0 Å². The molecule has 1 aromatic carbocycles. The number of ether oxygens (including phenoxy) is 1. The Morgan fingerprint density at radius 3 is 2.77 bits per heavy atom. The first kappa shape index (κ1) is 15.8. The molecule has 5 nitrogen and oxygen atoms in total. The van der Waals surface area contributed by atoms with Gasteiger partial charge in [-0.3, -0.25) is 4.90 Å². The summed E-state index contributed by atoms with van der Waals surface area (Å²) < 4.78 is 35.2. The van der Waals surface area contributed by atoms with E-state index in [4.69, 9.17) is 8.92 Å². The summed E-state index contributed by atoms with van der Waals surface area (Å²) in [7, 11) is -3.55. The zero-order valence-electron chi connectivity index (χ0n) is 12.7. The van der Waals surface area contributed by atoms with Crippen LogP contribution in [-0.2, 0) is 14.9 Å². The van der Waals surface area contributed by atoms with Gasteiger partial charge in [-0.15, -0.1) is 0 Å². The predicted molar refractivity (Wildman–Crippen MR) is 84.4 cm³/mol. The van der Waals surface area contributed by atoms with Gasteiger partial charge >= 0.3 is 10.1 Å². The fourth-order valence-electron chi connectivity index (χ4n) is 3.35. The van der Waals surface area contributed by atoms with E-state index in [9.17, 15) is 8.42 Å². The van der Waals surface area contributed by atoms with E-state index in [1.807, 2.05) is 6.07 Å². The molecule has 2 atom stereocenters. The van der Waals surface area contributed by atoms with Crippen LogP contribution in [0.3, 0.4) is 0 Å². The van der Waals surface area contributed by atoms with Crippen molar-refractivity contribution >= 4 is 10.1 Å². The Bertz CT molecular complexity index is 573. The summed E-state index contributed by atoms with van der Waals surface area (Å²) in [4.78, 5) is 2.26. The van der Waals surface area contributed by atoms with Gasteiger partial charge in [0.2, 0.25) is 0 Å². The fourth-order valence-corrected chi connectivity index (χ4v) is 4.29. The molecule has 1 aliphatic carbocycles. The predicted octanol–water partition coefficient (Wildman–Crippen LogP) is 2.04. The van der Waals surface area contributed by atoms with E-state index in [-0.39, 0.29) is 11.9 Å². The molecule has 122 valence electrons. The molecule has 1 saturated carbocycles. The van der Waals surface area contributed by atoms with Crippen molar-refractivity contribution in [2.75, 3.05) is 25.4 Å². The topological polar surface area (TPSA) is 55.8 Å². The van der Waals surface area contributed by atoms with Crippen molar-refractivity contribution in [3.05, 3.63) is 30.3 Å². The summed E-state index contributed by atoms with van der Waals surface area (Å²) >= 11 is 0. The first-order chi connectivity index (χ1) is 10.6. The second kappa shape index (κ2) is 6.98. The molecule has 0 amide bonds. The summed E-state index contributed by atoms with van der Waals surface area (Å²) in [5, 5.41) is 0. The van der Waals surface area contributed by atoms with E-state index in [0.717, 1.165) is 19.4 Å². The minimum atomic E-state index is -3.55. The number of rotatable bonds is 5. The van der Waals surface area contributed by atoms with E-state index in [0.29, 0.717) is 24.9 Å². The van der Waals surface area contributed by atoms with Gasteiger partial charge in [-0.1, -0.05) is 31.0 Å². The number of hydrogen-bond acceptors (Lipinski definition) is 5. The van der Waals surface area contributed by atoms with Crippen LogP contribution < -0.4 is 4.18 Å². The minimum Gasteiger partial charge on any atom is -0.382 e. The first-order valence-electron chi connectivity index (χ1n) is 7.97. The minimum absolute atomic E-state index is 0.0190. The van der Waals surface area contributed by atoms with Crippen LogP contribution in [0.1, 0.15) is 25.7 Å². The maximum absolute atomic E-state index is 12.1. The second-order valence-electron chi connectivity index (χ2n) is 5.96. The van der Waals surface area contributed by atoms with Gasteiger partial charge in [0.05, 0.1) is 18.5 Å². The van der Waals surface area contributed by atoms with E-state index in [1.54, 1.807) is 24.3 Å². The van der Waals surface area contributed by atoms with Crippen LogP contribution >= 0.6 is 0 Å². The molecule has 0 N–H and O–H groups in total. The Labute approximate surface area is 132 Å². The number of fused-ring (bicyclic) bond motifs is 1. The number of para-hydroxylation sites is 1. The van der Waals surface area contributed by atoms with E-state index in [1.165, 1.54) is 12.8 Å². The third-order valence-electron chi connectivity index (χ3n) is 4.44. The van der Waals surface area contributed by atoms with Crippen molar-refractivity contribution < 1.29 is 17.3 Å². The fraction of sp³-hybridized carbons (Fsp3) is 0.625. The van der Waals surface area contributed by atoms with Gasteiger partial charge < -0.3 is 8.92 Å². The van der Waals surface area contributed by atoms with Gasteiger partial charge in [-0.25, -0.2) is 0 Å². The van der Waals surface area contributed by atoms with Crippen LogP contribution in [-0.4, -0.2) is 50.9 Å². The lowest BCUT2D eigenvalue weighted by molar-refractivity contribution is -0.0860. The lowest BCUT2D eigenvalue weighted by atomic mass is 9.90. The molecule has 0 radical (unpaired) electrons. The quantitative estimate of drug-likeness (QED) is 0.776. The second-order valence-corrected chi connectivity index (χ2v) is 7.65. The first-order valence-corrected chi connectivity index (χ1v) is 9.55. The van der Waals surface area contributed by atoms with Crippen LogP contribution in [0.4, 0.5) is 0 Å². The number of benzene rings is 1. The summed E-state index contributed by atoms with van der Waals surface area (Å²) in [6, 6.07) is 9.04. The highest BCUT2D eigenvalue weighted by atomic mass is 32.2. The Morgan fingerprint density at radius 2 is 1.95 bits per heavy atom. The maximum atomic E-state index is 12.1. The molecule has 2 fully saturated rings. The van der Waals surface area contributed by atoms with Crippen molar-refractivity contribution in [1.82, 2.24) is 4.90 Å². The molecule has 1 aromatic rings. The molecule has 1 heterocycles. The van der Waals surface area contributed by atoms with Crippen molar-refractivity contribution in [3.8, 4) is 5.75 Å². The summed E-state index contributed by atoms with van der Waals surface area (Å²) in [5.41, 5.74) is 0. The molecule has 0 aromatic heterocycles. The summed E-state index contributed by atoms with van der Waals surface area (Å²) in [5.74, 6) is 0.394. The normalized spacial score (nSPS) is 26.4. The smallest absolute Gasteiger partial charge is 0.310 e. The zero-order chi connectivity index (χ0) is 15.4. The van der Waals surface area contributed by atoms with Crippen molar-refractivity contribution in [1.29, 1.82) is 0 Å². The lowest BCUT2D eigenvalue weighted by Crippen LogP contribution is -2.53. The molecule has 3 rings (SSSR count). The summed E-state index contributed by atoms with van der Waals surface area (Å²) in [6.45, 7) is 2.02. The molecule has 6 heteroatoms. The number of hydrogen-bond donors (Lipinski definition) is 0. The summed E-state index contributed by atoms with van der Waals surface area (Å²) in [6.07, 6.45) is 4.89. The SMILES string of the molecule is O=S(=O)(CCN1CCO[C@H]2CCCC[C@H]21)Oc1ccccc1. The third-order valence-corrected chi connectivity index (χ3v) is 5.57. The van der Waals surface area contributed by atoms with Crippen LogP contribution in [0.25, 0.3) is 0 Å². The van der Waals surface area contributed by atoms with Gasteiger partial charge in [0.1, 0.15) is 5.75 Å². The Kier molecular flexibility index (Phi) is 5.00. The molecule has 0 bridgehead atoms. The Hall–Kier alpha value is -1.11. The van der Waals surface area contributed by atoms with Crippen LogP contribution in [0, 0.1) is 0 Å². The van der Waals surface area contributed by atoms with Crippen LogP contribution in [0.15, 0.2) is 30.3 Å². The molecule has 0 spiro atoms. The zero-order valence-corrected chi connectivity index (χ0v) is 13.5. The van der Waals surface area contributed by atoms with Crippen molar-refractivity contribution in [3.63, 3.8) is 0 Å². The molecule has 1 saturated heterocycles. The molecule has 2 aliphatic rings. The number of nitrogens with zero attached hydrogens (tertiary/aromatic N) is 1. The van der Waals surface area contributed by atoms with Crippen LogP contribution in [0.2, 0.25) is 0 Å². The van der Waals surface area contributed by atoms with Gasteiger partial charge in [-0.2, -0.15) is 8.42 Å². The highest BCUT2D eigenvalue weighted by molar-refractivity contribution is 7.87.